The highest BCUT2D eigenvalue weighted by Crippen LogP contribution is 2.26. The molecule has 2 heterocycles. The number of hydrogen-bond acceptors (Lipinski definition) is 4. The van der Waals surface area contributed by atoms with Gasteiger partial charge in [-0.1, -0.05) is 34.9 Å². The molecule has 0 radical (unpaired) electrons. The number of amides is 2. The minimum atomic E-state index is -0.782. The van der Waals surface area contributed by atoms with E-state index < -0.39 is 17.8 Å². The van der Waals surface area contributed by atoms with E-state index in [0.717, 1.165) is 11.4 Å². The monoisotopic (exact) mass is 394 g/mol. The van der Waals surface area contributed by atoms with E-state index in [1.54, 1.807) is 37.3 Å². The number of hydroxylamine groups is 2. The number of benzene rings is 2. The standard InChI is InChI=1S/C21H15ClN2O4/c1-12-10-18(13(2)23(12)15-7-5-6-14(22)11-15)21(27)28-24-19(25)16-8-3-4-9-17(16)20(24)26/h3-11H,1-2H3. The van der Waals surface area contributed by atoms with E-state index in [1.807, 2.05) is 23.6 Å². The zero-order valence-electron chi connectivity index (χ0n) is 15.1. The molecule has 0 spiro atoms. The van der Waals surface area contributed by atoms with Crippen LogP contribution in [0.1, 0.15) is 42.5 Å². The van der Waals surface area contributed by atoms with Gasteiger partial charge in [0.25, 0.3) is 11.8 Å². The van der Waals surface area contributed by atoms with Gasteiger partial charge in [0, 0.05) is 22.1 Å². The number of imide groups is 1. The SMILES string of the molecule is Cc1cc(C(=O)ON2C(=O)c3ccccc3C2=O)c(C)n1-c1cccc(Cl)c1. The van der Waals surface area contributed by atoms with Crippen LogP contribution in [0, 0.1) is 13.8 Å². The first-order chi connectivity index (χ1) is 13.4. The number of halogens is 1. The highest BCUT2D eigenvalue weighted by Gasteiger charge is 2.39. The fourth-order valence-electron chi connectivity index (χ4n) is 3.36. The third-order valence-electron chi connectivity index (χ3n) is 4.65. The van der Waals surface area contributed by atoms with Crippen molar-refractivity contribution in [2.75, 3.05) is 0 Å². The van der Waals surface area contributed by atoms with Gasteiger partial charge in [-0.3, -0.25) is 9.59 Å². The van der Waals surface area contributed by atoms with Crippen molar-refractivity contribution in [3.8, 4) is 5.69 Å². The molecule has 140 valence electrons. The van der Waals surface area contributed by atoms with Crippen molar-refractivity contribution < 1.29 is 19.2 Å². The summed E-state index contributed by atoms with van der Waals surface area (Å²) >= 11 is 6.07. The smallest absolute Gasteiger partial charge is 0.324 e. The summed E-state index contributed by atoms with van der Waals surface area (Å²) in [5.74, 6) is -2.09. The Balaban J connectivity index is 1.65. The van der Waals surface area contributed by atoms with Crippen molar-refractivity contribution in [2.45, 2.75) is 13.8 Å². The Morgan fingerprint density at radius 2 is 1.57 bits per heavy atom. The van der Waals surface area contributed by atoms with Crippen molar-refractivity contribution in [3.05, 3.63) is 87.7 Å². The molecule has 3 aromatic rings. The van der Waals surface area contributed by atoms with Crippen LogP contribution >= 0.6 is 11.6 Å². The molecule has 0 fully saturated rings. The summed E-state index contributed by atoms with van der Waals surface area (Å²) in [7, 11) is 0. The van der Waals surface area contributed by atoms with Gasteiger partial charge in [0.05, 0.1) is 16.7 Å². The quantitative estimate of drug-likeness (QED) is 0.627. The number of carbonyl (C=O) groups is 3. The second-order valence-electron chi connectivity index (χ2n) is 6.43. The highest BCUT2D eigenvalue weighted by molar-refractivity contribution is 6.30. The maximum atomic E-state index is 12.7. The molecule has 4 rings (SSSR count). The van der Waals surface area contributed by atoms with Crippen LogP contribution in [0.15, 0.2) is 54.6 Å². The van der Waals surface area contributed by atoms with E-state index in [0.29, 0.717) is 15.8 Å². The molecule has 0 saturated carbocycles. The van der Waals surface area contributed by atoms with Gasteiger partial charge in [-0.15, -0.1) is 0 Å². The minimum absolute atomic E-state index is 0.213. The number of rotatable bonds is 3. The van der Waals surface area contributed by atoms with Crippen molar-refractivity contribution in [1.29, 1.82) is 0 Å². The van der Waals surface area contributed by atoms with E-state index in [4.69, 9.17) is 16.4 Å². The number of aromatic nitrogens is 1. The Morgan fingerprint density at radius 3 is 2.18 bits per heavy atom. The molecule has 1 aliphatic heterocycles. The van der Waals surface area contributed by atoms with Crippen LogP contribution in [0.3, 0.4) is 0 Å². The van der Waals surface area contributed by atoms with Gasteiger partial charge in [0.1, 0.15) is 0 Å². The first kappa shape index (κ1) is 18.0. The minimum Gasteiger partial charge on any atom is -0.324 e. The second kappa shape index (κ2) is 6.65. The van der Waals surface area contributed by atoms with Crippen LogP contribution in [0.5, 0.6) is 0 Å². The van der Waals surface area contributed by atoms with Gasteiger partial charge in [-0.2, -0.15) is 0 Å². The van der Waals surface area contributed by atoms with E-state index >= 15 is 0 Å². The molecule has 0 N–H and O–H groups in total. The zero-order valence-corrected chi connectivity index (χ0v) is 15.9. The summed E-state index contributed by atoms with van der Waals surface area (Å²) in [5.41, 5.74) is 2.88. The summed E-state index contributed by atoms with van der Waals surface area (Å²) in [6.45, 7) is 3.60. The molecule has 28 heavy (non-hydrogen) atoms. The van der Waals surface area contributed by atoms with Crippen LogP contribution in [0.4, 0.5) is 0 Å². The highest BCUT2D eigenvalue weighted by atomic mass is 35.5. The molecule has 0 unspecified atom stereocenters. The number of hydrogen-bond donors (Lipinski definition) is 0. The molecule has 2 aromatic carbocycles. The van der Waals surface area contributed by atoms with Gasteiger partial charge in [0.2, 0.25) is 0 Å². The Kier molecular flexibility index (Phi) is 4.28. The first-order valence-electron chi connectivity index (χ1n) is 8.53. The second-order valence-corrected chi connectivity index (χ2v) is 6.87. The van der Waals surface area contributed by atoms with Crippen LogP contribution in [-0.2, 0) is 4.84 Å². The summed E-state index contributed by atoms with van der Waals surface area (Å²) in [4.78, 5) is 42.7. The van der Waals surface area contributed by atoms with E-state index in [9.17, 15) is 14.4 Å². The van der Waals surface area contributed by atoms with Gasteiger partial charge in [-0.25, -0.2) is 4.79 Å². The Hall–Kier alpha value is -3.38. The van der Waals surface area contributed by atoms with E-state index in [-0.39, 0.29) is 16.7 Å². The van der Waals surface area contributed by atoms with E-state index in [1.165, 1.54) is 12.1 Å². The molecule has 0 atom stereocenters. The topological polar surface area (TPSA) is 68.6 Å². The maximum absolute atomic E-state index is 12.7. The first-order valence-corrected chi connectivity index (χ1v) is 8.91. The lowest BCUT2D eigenvalue weighted by Gasteiger charge is -2.13. The normalized spacial score (nSPS) is 13.0. The molecule has 7 heteroatoms. The lowest BCUT2D eigenvalue weighted by molar-refractivity contribution is -0.0585. The molecular weight excluding hydrogens is 380 g/mol. The summed E-state index contributed by atoms with van der Waals surface area (Å²) in [6.07, 6.45) is 0. The van der Waals surface area contributed by atoms with Crippen molar-refractivity contribution in [3.63, 3.8) is 0 Å². The Morgan fingerprint density at radius 1 is 0.929 bits per heavy atom. The lowest BCUT2D eigenvalue weighted by Crippen LogP contribution is -2.32. The predicted molar refractivity (Wildman–Crippen MR) is 103 cm³/mol. The van der Waals surface area contributed by atoms with Gasteiger partial charge in [-0.05, 0) is 50.2 Å². The van der Waals surface area contributed by atoms with Gasteiger partial charge < -0.3 is 9.40 Å². The van der Waals surface area contributed by atoms with E-state index in [2.05, 4.69) is 0 Å². The third-order valence-corrected chi connectivity index (χ3v) is 4.88. The lowest BCUT2D eigenvalue weighted by atomic mass is 10.1. The molecular formula is C21H15ClN2O4. The molecule has 0 aliphatic carbocycles. The molecule has 6 nitrogen and oxygen atoms in total. The van der Waals surface area contributed by atoms with Crippen LogP contribution < -0.4 is 0 Å². The van der Waals surface area contributed by atoms with Crippen LogP contribution in [0.2, 0.25) is 5.02 Å². The molecule has 1 aliphatic rings. The van der Waals surface area contributed by atoms with Crippen molar-refractivity contribution in [2.24, 2.45) is 0 Å². The molecule has 0 saturated heterocycles. The Labute approximate surface area is 165 Å². The summed E-state index contributed by atoms with van der Waals surface area (Å²) in [5, 5.41) is 1.08. The third kappa shape index (κ3) is 2.78. The average molecular weight is 395 g/mol. The van der Waals surface area contributed by atoms with Crippen LogP contribution in [0.25, 0.3) is 5.69 Å². The van der Waals surface area contributed by atoms with Gasteiger partial charge >= 0.3 is 5.97 Å². The average Bonchev–Trinajstić information content (AvgIpc) is 3.10. The van der Waals surface area contributed by atoms with Gasteiger partial charge in [0.15, 0.2) is 0 Å². The van der Waals surface area contributed by atoms with Crippen molar-refractivity contribution >= 4 is 29.4 Å². The number of nitrogens with zero attached hydrogens (tertiary/aromatic N) is 2. The molecule has 2 amide bonds. The number of aryl methyl sites for hydroxylation is 1. The predicted octanol–water partition coefficient (Wildman–Crippen LogP) is 4.12. The summed E-state index contributed by atoms with van der Waals surface area (Å²) in [6, 6.07) is 15.2. The summed E-state index contributed by atoms with van der Waals surface area (Å²) < 4.78 is 1.85. The molecule has 1 aromatic heterocycles. The molecule has 0 bridgehead atoms. The number of fused-ring (bicyclic) bond motifs is 1. The van der Waals surface area contributed by atoms with Crippen molar-refractivity contribution in [1.82, 2.24) is 9.63 Å². The fraction of sp³-hybridized carbons (Fsp3) is 0.0952. The zero-order chi connectivity index (χ0) is 20.0. The van der Waals surface area contributed by atoms with Crippen LogP contribution in [-0.4, -0.2) is 27.4 Å². The maximum Gasteiger partial charge on any atom is 0.365 e. The Bertz CT molecular complexity index is 1110. The fourth-order valence-corrected chi connectivity index (χ4v) is 3.55. The largest absolute Gasteiger partial charge is 0.365 e. The number of carbonyl (C=O) groups excluding carboxylic acids is 3.